The molecule has 1 heterocycles. The standard InChI is InChI=1S/C17H13NO4/c1-22-15-9-5-4-8-13(15)14(19)10-18-16(20)11-6-2-3-7-12(11)17(18)21/h2-9H,10H2,1H3. The van der Waals surface area contributed by atoms with Crippen molar-refractivity contribution in [3.63, 3.8) is 0 Å². The molecular weight excluding hydrogens is 282 g/mol. The van der Waals surface area contributed by atoms with E-state index in [0.29, 0.717) is 22.4 Å². The summed E-state index contributed by atoms with van der Waals surface area (Å²) in [7, 11) is 1.47. The fourth-order valence-electron chi connectivity index (χ4n) is 2.49. The summed E-state index contributed by atoms with van der Waals surface area (Å²) in [5, 5.41) is 0. The first-order chi connectivity index (χ1) is 10.6. The maximum absolute atomic E-state index is 12.4. The van der Waals surface area contributed by atoms with Crippen molar-refractivity contribution in [1.29, 1.82) is 0 Å². The molecule has 0 atom stereocenters. The largest absolute Gasteiger partial charge is 0.496 e. The van der Waals surface area contributed by atoms with Crippen LogP contribution in [0.4, 0.5) is 0 Å². The highest BCUT2D eigenvalue weighted by Gasteiger charge is 2.36. The second kappa shape index (κ2) is 5.44. The number of fused-ring (bicyclic) bond motifs is 1. The van der Waals surface area contributed by atoms with Crippen LogP contribution in [0.1, 0.15) is 31.1 Å². The summed E-state index contributed by atoms with van der Waals surface area (Å²) in [5.74, 6) is -0.802. The summed E-state index contributed by atoms with van der Waals surface area (Å²) in [5.41, 5.74) is 1.02. The van der Waals surface area contributed by atoms with Crippen LogP contribution in [0.3, 0.4) is 0 Å². The monoisotopic (exact) mass is 295 g/mol. The number of hydrogen-bond acceptors (Lipinski definition) is 4. The summed E-state index contributed by atoms with van der Waals surface area (Å²) in [6.45, 7) is -0.299. The van der Waals surface area contributed by atoms with Crippen molar-refractivity contribution in [2.45, 2.75) is 0 Å². The molecule has 0 bridgehead atoms. The second-order valence-electron chi connectivity index (χ2n) is 4.87. The zero-order valence-electron chi connectivity index (χ0n) is 11.9. The van der Waals surface area contributed by atoms with Gasteiger partial charge in [-0.05, 0) is 24.3 Å². The molecule has 0 aliphatic carbocycles. The highest BCUT2D eigenvalue weighted by molar-refractivity contribution is 6.23. The molecular formula is C17H13NO4. The SMILES string of the molecule is COc1ccccc1C(=O)CN1C(=O)c2ccccc2C1=O. The number of ether oxygens (including phenoxy) is 1. The van der Waals surface area contributed by atoms with Crippen LogP contribution < -0.4 is 4.74 Å². The van der Waals surface area contributed by atoms with Gasteiger partial charge in [-0.1, -0.05) is 24.3 Å². The molecule has 2 amide bonds. The third kappa shape index (κ3) is 2.16. The summed E-state index contributed by atoms with van der Waals surface area (Å²) in [4.78, 5) is 37.9. The van der Waals surface area contributed by atoms with E-state index in [1.165, 1.54) is 7.11 Å². The second-order valence-corrected chi connectivity index (χ2v) is 4.87. The first-order valence-corrected chi connectivity index (χ1v) is 6.75. The number of para-hydroxylation sites is 1. The fraction of sp³-hybridized carbons (Fsp3) is 0.118. The predicted molar refractivity (Wildman–Crippen MR) is 79.1 cm³/mol. The number of imide groups is 1. The predicted octanol–water partition coefficient (Wildman–Crippen LogP) is 2.17. The maximum atomic E-state index is 12.4. The van der Waals surface area contributed by atoms with Gasteiger partial charge >= 0.3 is 0 Å². The molecule has 2 aromatic rings. The van der Waals surface area contributed by atoms with E-state index in [9.17, 15) is 14.4 Å². The quantitative estimate of drug-likeness (QED) is 0.640. The smallest absolute Gasteiger partial charge is 0.261 e. The molecule has 22 heavy (non-hydrogen) atoms. The molecule has 5 heteroatoms. The van der Waals surface area contributed by atoms with E-state index in [1.807, 2.05) is 0 Å². The van der Waals surface area contributed by atoms with Crippen LogP contribution in [0.2, 0.25) is 0 Å². The molecule has 0 fully saturated rings. The molecule has 1 aliphatic heterocycles. The van der Waals surface area contributed by atoms with Gasteiger partial charge < -0.3 is 4.74 Å². The van der Waals surface area contributed by atoms with Gasteiger partial charge in [0.15, 0.2) is 5.78 Å². The number of carbonyl (C=O) groups is 3. The minimum Gasteiger partial charge on any atom is -0.496 e. The first kappa shape index (κ1) is 14.0. The van der Waals surface area contributed by atoms with Gasteiger partial charge in [-0.15, -0.1) is 0 Å². The maximum Gasteiger partial charge on any atom is 0.261 e. The van der Waals surface area contributed by atoms with Gasteiger partial charge in [0.1, 0.15) is 5.75 Å². The Kier molecular flexibility index (Phi) is 3.47. The summed E-state index contributed by atoms with van der Waals surface area (Å²) >= 11 is 0. The van der Waals surface area contributed by atoms with Crippen LogP contribution in [0, 0.1) is 0 Å². The molecule has 5 nitrogen and oxygen atoms in total. The van der Waals surface area contributed by atoms with E-state index in [-0.39, 0.29) is 12.3 Å². The number of nitrogens with zero attached hydrogens (tertiary/aromatic N) is 1. The molecule has 1 aliphatic rings. The van der Waals surface area contributed by atoms with E-state index in [1.54, 1.807) is 48.5 Å². The van der Waals surface area contributed by atoms with Gasteiger partial charge in [0.05, 0.1) is 30.3 Å². The number of methoxy groups -OCH3 is 1. The molecule has 0 aromatic heterocycles. The third-order valence-electron chi connectivity index (χ3n) is 3.59. The van der Waals surface area contributed by atoms with Crippen LogP contribution in [0.15, 0.2) is 48.5 Å². The Balaban J connectivity index is 1.87. The molecule has 0 saturated heterocycles. The zero-order chi connectivity index (χ0) is 15.7. The first-order valence-electron chi connectivity index (χ1n) is 6.75. The number of rotatable bonds is 4. The molecule has 110 valence electrons. The van der Waals surface area contributed by atoms with E-state index < -0.39 is 11.8 Å². The van der Waals surface area contributed by atoms with Crippen LogP contribution in [0.25, 0.3) is 0 Å². The van der Waals surface area contributed by atoms with Crippen molar-refractivity contribution in [2.24, 2.45) is 0 Å². The highest BCUT2D eigenvalue weighted by Crippen LogP contribution is 2.24. The van der Waals surface area contributed by atoms with E-state index in [2.05, 4.69) is 0 Å². The lowest BCUT2D eigenvalue weighted by Gasteiger charge is -2.14. The number of amides is 2. The summed E-state index contributed by atoms with van der Waals surface area (Å²) in [6.07, 6.45) is 0. The molecule has 0 radical (unpaired) electrons. The third-order valence-corrected chi connectivity index (χ3v) is 3.59. The van der Waals surface area contributed by atoms with Crippen LogP contribution in [-0.4, -0.2) is 36.2 Å². The van der Waals surface area contributed by atoms with Crippen molar-refractivity contribution >= 4 is 17.6 Å². The minimum absolute atomic E-state index is 0.299. The normalized spacial score (nSPS) is 13.2. The van der Waals surface area contributed by atoms with Crippen molar-refractivity contribution in [1.82, 2.24) is 4.90 Å². The van der Waals surface area contributed by atoms with Gasteiger partial charge in [-0.25, -0.2) is 0 Å². The molecule has 0 spiro atoms. The lowest BCUT2D eigenvalue weighted by atomic mass is 10.1. The van der Waals surface area contributed by atoms with E-state index in [0.717, 1.165) is 4.90 Å². The van der Waals surface area contributed by atoms with Crippen molar-refractivity contribution < 1.29 is 19.1 Å². The number of benzene rings is 2. The van der Waals surface area contributed by atoms with Gasteiger partial charge in [0.2, 0.25) is 0 Å². The van der Waals surface area contributed by atoms with Gasteiger partial charge in [0, 0.05) is 0 Å². The van der Waals surface area contributed by atoms with Crippen molar-refractivity contribution in [3.8, 4) is 5.75 Å². The Labute approximate surface area is 127 Å². The number of Topliss-reactive ketones (excluding diaryl/α,β-unsaturated/α-hetero) is 1. The molecule has 0 N–H and O–H groups in total. The number of hydrogen-bond donors (Lipinski definition) is 0. The lowest BCUT2D eigenvalue weighted by Crippen LogP contribution is -2.35. The Morgan fingerprint density at radius 3 is 2.09 bits per heavy atom. The number of carbonyl (C=O) groups excluding carboxylic acids is 3. The summed E-state index contributed by atoms with van der Waals surface area (Å²) < 4.78 is 5.14. The van der Waals surface area contributed by atoms with E-state index >= 15 is 0 Å². The van der Waals surface area contributed by atoms with Crippen LogP contribution in [0.5, 0.6) is 5.75 Å². The Morgan fingerprint density at radius 2 is 1.50 bits per heavy atom. The average molecular weight is 295 g/mol. The lowest BCUT2D eigenvalue weighted by molar-refractivity contribution is 0.0623. The van der Waals surface area contributed by atoms with E-state index in [4.69, 9.17) is 4.74 Å². The molecule has 3 rings (SSSR count). The summed E-state index contributed by atoms with van der Waals surface area (Å²) in [6, 6.07) is 13.3. The van der Waals surface area contributed by atoms with Gasteiger partial charge in [-0.3, -0.25) is 19.3 Å². The molecule has 0 saturated carbocycles. The Hall–Kier alpha value is -2.95. The minimum atomic E-state index is -0.441. The average Bonchev–Trinajstić information content (AvgIpc) is 2.80. The number of ketones is 1. The van der Waals surface area contributed by atoms with Gasteiger partial charge in [-0.2, -0.15) is 0 Å². The van der Waals surface area contributed by atoms with Gasteiger partial charge in [0.25, 0.3) is 11.8 Å². The zero-order valence-corrected chi connectivity index (χ0v) is 11.9. The van der Waals surface area contributed by atoms with Crippen LogP contribution >= 0.6 is 0 Å². The topological polar surface area (TPSA) is 63.7 Å². The molecule has 2 aromatic carbocycles. The van der Waals surface area contributed by atoms with Crippen LogP contribution in [-0.2, 0) is 0 Å². The fourth-order valence-corrected chi connectivity index (χ4v) is 2.49. The highest BCUT2D eigenvalue weighted by atomic mass is 16.5. The van der Waals surface area contributed by atoms with Crippen molar-refractivity contribution in [2.75, 3.05) is 13.7 Å². The Bertz CT molecular complexity index is 747. The Morgan fingerprint density at radius 1 is 0.955 bits per heavy atom. The van der Waals surface area contributed by atoms with Crippen molar-refractivity contribution in [3.05, 3.63) is 65.2 Å². The molecule has 0 unspecified atom stereocenters.